The highest BCUT2D eigenvalue weighted by Crippen LogP contribution is 2.37. The molecule has 2 N–H and O–H groups in total. The minimum atomic E-state index is 0.0119. The largest absolute Gasteiger partial charge is 0.502 e. The topological polar surface area (TPSA) is 63.9 Å². The lowest BCUT2D eigenvalue weighted by atomic mass is 10.1. The van der Waals surface area contributed by atoms with Crippen LogP contribution < -0.4 is 14.8 Å². The summed E-state index contributed by atoms with van der Waals surface area (Å²) in [5, 5.41) is 13.2. The highest BCUT2D eigenvalue weighted by molar-refractivity contribution is 5.52. The summed E-state index contributed by atoms with van der Waals surface area (Å²) in [6, 6.07) is 7.44. The molecule has 0 unspecified atom stereocenters. The molecule has 2 aromatic rings. The second kappa shape index (κ2) is 6.34. The van der Waals surface area contributed by atoms with E-state index in [2.05, 4.69) is 5.32 Å². The Morgan fingerprint density at radius 2 is 1.90 bits per heavy atom. The number of benzene rings is 1. The van der Waals surface area contributed by atoms with Crippen molar-refractivity contribution in [2.75, 3.05) is 14.2 Å². The lowest BCUT2D eigenvalue weighted by Crippen LogP contribution is -2.17. The smallest absolute Gasteiger partial charge is 0.200 e. The van der Waals surface area contributed by atoms with Gasteiger partial charge in [0, 0.05) is 6.54 Å². The Hall–Kier alpha value is -2.14. The highest BCUT2D eigenvalue weighted by Gasteiger charge is 2.12. The molecule has 1 aromatic heterocycles. The maximum atomic E-state index is 9.86. The summed E-state index contributed by atoms with van der Waals surface area (Å²) < 4.78 is 15.6. The second-order valence-corrected chi connectivity index (χ2v) is 4.47. The van der Waals surface area contributed by atoms with Crippen LogP contribution in [0.25, 0.3) is 0 Å². The van der Waals surface area contributed by atoms with Gasteiger partial charge >= 0.3 is 0 Å². The second-order valence-electron chi connectivity index (χ2n) is 4.47. The van der Waals surface area contributed by atoms with Gasteiger partial charge in [-0.2, -0.15) is 0 Å². The van der Waals surface area contributed by atoms with Crippen LogP contribution in [0.4, 0.5) is 0 Å². The van der Waals surface area contributed by atoms with E-state index in [9.17, 15) is 5.11 Å². The van der Waals surface area contributed by atoms with Crippen LogP contribution in [0.5, 0.6) is 17.2 Å². The zero-order valence-electron chi connectivity index (χ0n) is 11.8. The average molecular weight is 277 g/mol. The number of rotatable bonds is 6. The predicted molar refractivity (Wildman–Crippen MR) is 75.2 cm³/mol. The molecular formula is C15H19NO4. The lowest BCUT2D eigenvalue weighted by Gasteiger charge is -2.14. The molecule has 108 valence electrons. The van der Waals surface area contributed by atoms with Crippen molar-refractivity contribution in [2.24, 2.45) is 0 Å². The average Bonchev–Trinajstić information content (AvgIpc) is 3.00. The Balaban J connectivity index is 2.09. The van der Waals surface area contributed by atoms with E-state index in [0.29, 0.717) is 18.0 Å². The minimum Gasteiger partial charge on any atom is -0.502 e. The standard InChI is InChI=1S/C15H19NO4/c1-10(12-5-4-6-20-12)16-9-11-7-13(18-2)15(17)14(8-11)19-3/h4-8,10,16-17H,9H2,1-3H3/t10-/m0/s1. The fourth-order valence-corrected chi connectivity index (χ4v) is 1.96. The third kappa shape index (κ3) is 3.05. The molecule has 0 bridgehead atoms. The molecule has 0 amide bonds. The van der Waals surface area contributed by atoms with E-state index in [1.165, 1.54) is 14.2 Å². The third-order valence-electron chi connectivity index (χ3n) is 3.12. The van der Waals surface area contributed by atoms with E-state index in [0.717, 1.165) is 11.3 Å². The van der Waals surface area contributed by atoms with Gasteiger partial charge in [0.05, 0.1) is 26.5 Å². The van der Waals surface area contributed by atoms with Crippen LogP contribution in [0.1, 0.15) is 24.3 Å². The molecule has 0 saturated carbocycles. The Bertz CT molecular complexity index is 526. The summed E-state index contributed by atoms with van der Waals surface area (Å²) in [4.78, 5) is 0. The maximum absolute atomic E-state index is 9.86. The number of phenols is 1. The Morgan fingerprint density at radius 3 is 2.40 bits per heavy atom. The molecule has 1 aromatic carbocycles. The van der Waals surface area contributed by atoms with Crippen LogP contribution >= 0.6 is 0 Å². The molecule has 0 spiro atoms. The normalized spacial score (nSPS) is 12.2. The Labute approximate surface area is 118 Å². The summed E-state index contributed by atoms with van der Waals surface area (Å²) in [5.74, 6) is 1.68. The van der Waals surface area contributed by atoms with Crippen molar-refractivity contribution in [1.29, 1.82) is 0 Å². The summed E-state index contributed by atoms with van der Waals surface area (Å²) >= 11 is 0. The quantitative estimate of drug-likeness (QED) is 0.850. The summed E-state index contributed by atoms with van der Waals surface area (Å²) in [5.41, 5.74) is 0.954. The van der Waals surface area contributed by atoms with Gasteiger partial charge in [0.15, 0.2) is 11.5 Å². The van der Waals surface area contributed by atoms with Gasteiger partial charge in [0.1, 0.15) is 5.76 Å². The fourth-order valence-electron chi connectivity index (χ4n) is 1.96. The molecule has 5 nitrogen and oxygen atoms in total. The number of nitrogens with one attached hydrogen (secondary N) is 1. The highest BCUT2D eigenvalue weighted by atomic mass is 16.5. The van der Waals surface area contributed by atoms with Gasteiger partial charge < -0.3 is 24.3 Å². The summed E-state index contributed by atoms with van der Waals surface area (Å²) in [6.07, 6.45) is 1.65. The van der Waals surface area contributed by atoms with Gasteiger partial charge in [-0.15, -0.1) is 0 Å². The molecular weight excluding hydrogens is 258 g/mol. The van der Waals surface area contributed by atoms with Crippen LogP contribution in [0.3, 0.4) is 0 Å². The van der Waals surface area contributed by atoms with Gasteiger partial charge in [-0.05, 0) is 36.8 Å². The maximum Gasteiger partial charge on any atom is 0.200 e. The first kappa shape index (κ1) is 14.3. The number of aromatic hydroxyl groups is 1. The van der Waals surface area contributed by atoms with Gasteiger partial charge in [-0.1, -0.05) is 0 Å². The lowest BCUT2D eigenvalue weighted by molar-refractivity contribution is 0.338. The SMILES string of the molecule is COc1cc(CN[C@@H](C)c2ccco2)cc(OC)c1O. The number of furan rings is 1. The Kier molecular flexibility index (Phi) is 4.53. The minimum absolute atomic E-state index is 0.0119. The zero-order chi connectivity index (χ0) is 14.5. The van der Waals surface area contributed by atoms with E-state index >= 15 is 0 Å². The molecule has 1 heterocycles. The van der Waals surface area contributed by atoms with Crippen LogP contribution in [-0.2, 0) is 6.54 Å². The van der Waals surface area contributed by atoms with Crippen LogP contribution in [0, 0.1) is 0 Å². The molecule has 0 saturated heterocycles. The van der Waals surface area contributed by atoms with E-state index in [-0.39, 0.29) is 11.8 Å². The number of phenolic OH excluding ortho intramolecular Hbond substituents is 1. The molecule has 0 aliphatic rings. The zero-order valence-corrected chi connectivity index (χ0v) is 11.8. The van der Waals surface area contributed by atoms with Crippen LogP contribution in [-0.4, -0.2) is 19.3 Å². The van der Waals surface area contributed by atoms with Gasteiger partial charge in [-0.25, -0.2) is 0 Å². The van der Waals surface area contributed by atoms with E-state index in [4.69, 9.17) is 13.9 Å². The van der Waals surface area contributed by atoms with E-state index in [1.807, 2.05) is 19.1 Å². The van der Waals surface area contributed by atoms with Crippen molar-refractivity contribution < 1.29 is 19.0 Å². The monoisotopic (exact) mass is 277 g/mol. The number of methoxy groups -OCH3 is 2. The first-order valence-electron chi connectivity index (χ1n) is 6.36. The van der Waals surface area contributed by atoms with Crippen molar-refractivity contribution >= 4 is 0 Å². The van der Waals surface area contributed by atoms with Crippen molar-refractivity contribution in [1.82, 2.24) is 5.32 Å². The summed E-state index contributed by atoms with van der Waals surface area (Å²) in [7, 11) is 3.02. The first-order chi connectivity index (χ1) is 9.65. The first-order valence-corrected chi connectivity index (χ1v) is 6.36. The molecule has 0 fully saturated rings. The molecule has 0 radical (unpaired) electrons. The molecule has 20 heavy (non-hydrogen) atoms. The van der Waals surface area contributed by atoms with Gasteiger partial charge in [0.25, 0.3) is 0 Å². The number of hydrogen-bond acceptors (Lipinski definition) is 5. The van der Waals surface area contributed by atoms with E-state index < -0.39 is 0 Å². The van der Waals surface area contributed by atoms with Gasteiger partial charge in [0.2, 0.25) is 5.75 Å². The fraction of sp³-hybridized carbons (Fsp3) is 0.333. The van der Waals surface area contributed by atoms with Gasteiger partial charge in [-0.3, -0.25) is 0 Å². The molecule has 0 aliphatic carbocycles. The summed E-state index contributed by atoms with van der Waals surface area (Å²) in [6.45, 7) is 2.63. The molecule has 0 aliphatic heterocycles. The Morgan fingerprint density at radius 1 is 1.25 bits per heavy atom. The van der Waals surface area contributed by atoms with Crippen molar-refractivity contribution in [3.63, 3.8) is 0 Å². The molecule has 2 rings (SSSR count). The van der Waals surface area contributed by atoms with Crippen LogP contribution in [0.15, 0.2) is 34.9 Å². The van der Waals surface area contributed by atoms with Crippen molar-refractivity contribution in [2.45, 2.75) is 19.5 Å². The third-order valence-corrected chi connectivity index (χ3v) is 3.12. The van der Waals surface area contributed by atoms with Crippen molar-refractivity contribution in [3.8, 4) is 17.2 Å². The van der Waals surface area contributed by atoms with Crippen LogP contribution in [0.2, 0.25) is 0 Å². The predicted octanol–water partition coefficient (Wildman–Crippen LogP) is 2.85. The van der Waals surface area contributed by atoms with Crippen molar-refractivity contribution in [3.05, 3.63) is 41.9 Å². The molecule has 5 heteroatoms. The number of ether oxygens (including phenoxy) is 2. The molecule has 1 atom stereocenters. The van der Waals surface area contributed by atoms with E-state index in [1.54, 1.807) is 18.4 Å². The number of hydrogen-bond donors (Lipinski definition) is 2.